The molecule has 0 unspecified atom stereocenters. The molecule has 0 aliphatic carbocycles. The molecule has 0 saturated carbocycles. The van der Waals surface area contributed by atoms with Gasteiger partial charge in [0.1, 0.15) is 6.04 Å². The van der Waals surface area contributed by atoms with Crippen LogP contribution in [0.5, 0.6) is 0 Å². The van der Waals surface area contributed by atoms with Gasteiger partial charge in [-0.05, 0) is 61.0 Å². The Balaban J connectivity index is 1.79. The van der Waals surface area contributed by atoms with Crippen molar-refractivity contribution >= 4 is 23.4 Å². The van der Waals surface area contributed by atoms with Crippen LogP contribution in [-0.4, -0.2) is 42.1 Å². The number of nitrogens with zero attached hydrogens (tertiary/aromatic N) is 1. The number of nitrogens with two attached hydrogens (primary N) is 2. The maximum atomic E-state index is 13.3. The Hall–Kier alpha value is -4.49. The van der Waals surface area contributed by atoms with Gasteiger partial charge in [0, 0.05) is 35.0 Å². The van der Waals surface area contributed by atoms with Gasteiger partial charge in [0.15, 0.2) is 0 Å². The Bertz CT molecular complexity index is 1280. The molecule has 0 spiro atoms. The predicted octanol–water partition coefficient (Wildman–Crippen LogP) is 1.70. The Labute approximate surface area is 215 Å². The number of carbonyl (C=O) groups excluding carboxylic acids is 3. The first-order chi connectivity index (χ1) is 17.8. The average molecular weight is 500 g/mol. The summed E-state index contributed by atoms with van der Waals surface area (Å²) in [5, 5.41) is 12.4. The molecule has 0 fully saturated rings. The minimum Gasteiger partial charge on any atom is -0.366 e. The number of anilines is 1. The highest BCUT2D eigenvalue weighted by atomic mass is 16.5. The molecule has 0 aromatic heterocycles. The Kier molecular flexibility index (Phi) is 9.52. The molecule has 37 heavy (non-hydrogen) atoms. The van der Waals surface area contributed by atoms with Crippen LogP contribution in [0.3, 0.4) is 0 Å². The summed E-state index contributed by atoms with van der Waals surface area (Å²) in [6, 6.07) is 21.8. The molecule has 0 bridgehead atoms. The molecule has 0 aliphatic rings. The molecule has 9 heteroatoms. The minimum atomic E-state index is -1.12. The van der Waals surface area contributed by atoms with Gasteiger partial charge in [-0.25, -0.2) is 5.48 Å². The van der Waals surface area contributed by atoms with Crippen molar-refractivity contribution in [3.8, 4) is 11.8 Å². The summed E-state index contributed by atoms with van der Waals surface area (Å²) in [6.45, 7) is 1.67. The predicted molar refractivity (Wildman–Crippen MR) is 140 cm³/mol. The third-order valence-corrected chi connectivity index (χ3v) is 5.74. The average Bonchev–Trinajstić information content (AvgIpc) is 2.94. The first kappa shape index (κ1) is 27.1. The summed E-state index contributed by atoms with van der Waals surface area (Å²) in [7, 11) is 0. The van der Waals surface area contributed by atoms with Crippen molar-refractivity contribution in [3.63, 3.8) is 0 Å². The minimum absolute atomic E-state index is 0.0614. The van der Waals surface area contributed by atoms with Crippen LogP contribution in [0.1, 0.15) is 40.0 Å². The van der Waals surface area contributed by atoms with Gasteiger partial charge in [-0.1, -0.05) is 42.2 Å². The first-order valence-electron chi connectivity index (χ1n) is 11.6. The van der Waals surface area contributed by atoms with Gasteiger partial charge in [0.25, 0.3) is 5.91 Å². The number of hydroxylamine groups is 1. The van der Waals surface area contributed by atoms with Crippen molar-refractivity contribution in [2.45, 2.75) is 19.0 Å². The Morgan fingerprint density at radius 3 is 2.00 bits per heavy atom. The van der Waals surface area contributed by atoms with E-state index in [2.05, 4.69) is 17.2 Å². The molecule has 0 radical (unpaired) electrons. The SMILES string of the molecule is C[C@H](NCC(=O)N(c1ccc(C#Cc2ccc(C(N)=O)cc2)cc1)[C@@H](CN)C(=O)NO)c1ccccc1. The summed E-state index contributed by atoms with van der Waals surface area (Å²) >= 11 is 0. The number of carbonyl (C=O) groups is 3. The number of hydrogen-bond acceptors (Lipinski definition) is 6. The zero-order valence-corrected chi connectivity index (χ0v) is 20.3. The Morgan fingerprint density at radius 1 is 0.919 bits per heavy atom. The van der Waals surface area contributed by atoms with Crippen LogP contribution in [0.4, 0.5) is 5.69 Å². The van der Waals surface area contributed by atoms with Gasteiger partial charge in [0.05, 0.1) is 6.54 Å². The topological polar surface area (TPSA) is 151 Å². The first-order valence-corrected chi connectivity index (χ1v) is 11.6. The van der Waals surface area contributed by atoms with Crippen LogP contribution in [-0.2, 0) is 9.59 Å². The van der Waals surface area contributed by atoms with E-state index in [0.29, 0.717) is 22.4 Å². The standard InChI is InChI=1S/C28H29N5O4/c1-19(22-5-3-2-4-6-22)31-18-26(34)33(25(17-29)28(36)32-37)24-15-11-21(12-16-24)8-7-20-9-13-23(14-10-20)27(30)35/h2-6,9-16,19,25,31,37H,17-18,29H2,1H3,(H2,30,35)(H,32,36)/t19-,25-/m0/s1. The number of primary amides is 1. The lowest BCUT2D eigenvalue weighted by atomic mass is 10.1. The van der Waals surface area contributed by atoms with Crippen molar-refractivity contribution in [3.05, 3.63) is 101 Å². The molecule has 7 N–H and O–H groups in total. The smallest absolute Gasteiger partial charge is 0.267 e. The van der Waals surface area contributed by atoms with Gasteiger partial charge in [-0.15, -0.1) is 0 Å². The fraction of sp³-hybridized carbons (Fsp3) is 0.179. The van der Waals surface area contributed by atoms with E-state index in [9.17, 15) is 19.6 Å². The van der Waals surface area contributed by atoms with Crippen LogP contribution >= 0.6 is 0 Å². The van der Waals surface area contributed by atoms with Crippen molar-refractivity contribution in [1.82, 2.24) is 10.8 Å². The fourth-order valence-corrected chi connectivity index (χ4v) is 3.65. The molecule has 190 valence electrons. The fourth-order valence-electron chi connectivity index (χ4n) is 3.65. The zero-order valence-electron chi connectivity index (χ0n) is 20.3. The molecule has 0 aliphatic heterocycles. The van der Waals surface area contributed by atoms with Gasteiger partial charge >= 0.3 is 0 Å². The largest absolute Gasteiger partial charge is 0.366 e. The summed E-state index contributed by atoms with van der Waals surface area (Å²) in [5.74, 6) is 4.31. The van der Waals surface area contributed by atoms with E-state index in [-0.39, 0.29) is 19.1 Å². The third-order valence-electron chi connectivity index (χ3n) is 5.74. The monoisotopic (exact) mass is 499 g/mol. The lowest BCUT2D eigenvalue weighted by molar-refractivity contribution is -0.132. The summed E-state index contributed by atoms with van der Waals surface area (Å²) < 4.78 is 0. The molecule has 0 saturated heterocycles. The summed E-state index contributed by atoms with van der Waals surface area (Å²) in [4.78, 5) is 38.0. The van der Waals surface area contributed by atoms with Crippen LogP contribution < -0.4 is 27.2 Å². The summed E-state index contributed by atoms with van der Waals surface area (Å²) in [5.41, 5.74) is 15.9. The van der Waals surface area contributed by atoms with E-state index < -0.39 is 23.8 Å². The van der Waals surface area contributed by atoms with Crippen molar-refractivity contribution in [2.24, 2.45) is 11.5 Å². The van der Waals surface area contributed by atoms with Crippen molar-refractivity contribution in [2.75, 3.05) is 18.0 Å². The summed E-state index contributed by atoms with van der Waals surface area (Å²) in [6.07, 6.45) is 0. The van der Waals surface area contributed by atoms with Crippen LogP contribution in [0.2, 0.25) is 0 Å². The number of benzene rings is 3. The maximum absolute atomic E-state index is 13.3. The molecule has 3 rings (SSSR count). The molecule has 2 atom stereocenters. The van der Waals surface area contributed by atoms with Crippen molar-refractivity contribution < 1.29 is 19.6 Å². The van der Waals surface area contributed by atoms with Crippen molar-refractivity contribution in [1.29, 1.82) is 0 Å². The van der Waals surface area contributed by atoms with E-state index in [1.807, 2.05) is 37.3 Å². The molecular formula is C28H29N5O4. The molecular weight excluding hydrogens is 470 g/mol. The number of hydrogen-bond donors (Lipinski definition) is 5. The second kappa shape index (κ2) is 13.0. The van der Waals surface area contributed by atoms with E-state index in [0.717, 1.165) is 5.56 Å². The van der Waals surface area contributed by atoms with Crippen LogP contribution in [0.15, 0.2) is 78.9 Å². The van der Waals surface area contributed by atoms with E-state index in [4.69, 9.17) is 11.5 Å². The van der Waals surface area contributed by atoms with Crippen LogP contribution in [0, 0.1) is 11.8 Å². The van der Waals surface area contributed by atoms with Gasteiger partial charge in [0.2, 0.25) is 11.8 Å². The molecule has 0 heterocycles. The number of amides is 3. The van der Waals surface area contributed by atoms with Crippen LogP contribution in [0.25, 0.3) is 0 Å². The maximum Gasteiger partial charge on any atom is 0.267 e. The normalized spacial score (nSPS) is 12.0. The molecule has 3 aromatic carbocycles. The van der Waals surface area contributed by atoms with E-state index in [1.165, 1.54) is 4.90 Å². The second-order valence-electron chi connectivity index (χ2n) is 8.24. The highest BCUT2D eigenvalue weighted by molar-refractivity contribution is 6.01. The highest BCUT2D eigenvalue weighted by Crippen LogP contribution is 2.19. The third kappa shape index (κ3) is 7.25. The highest BCUT2D eigenvalue weighted by Gasteiger charge is 2.30. The van der Waals surface area contributed by atoms with Gasteiger partial charge in [-0.3, -0.25) is 24.5 Å². The zero-order chi connectivity index (χ0) is 26.8. The number of nitrogens with one attached hydrogen (secondary N) is 2. The van der Waals surface area contributed by atoms with Gasteiger partial charge < -0.3 is 16.8 Å². The second-order valence-corrected chi connectivity index (χ2v) is 8.24. The lowest BCUT2D eigenvalue weighted by Crippen LogP contribution is -2.55. The quantitative estimate of drug-likeness (QED) is 0.172. The number of rotatable bonds is 9. The Morgan fingerprint density at radius 2 is 1.49 bits per heavy atom. The molecule has 3 amide bonds. The molecule has 3 aromatic rings. The van der Waals surface area contributed by atoms with Gasteiger partial charge in [-0.2, -0.15) is 0 Å². The van der Waals surface area contributed by atoms with E-state index >= 15 is 0 Å². The molecule has 9 nitrogen and oxygen atoms in total. The lowest BCUT2D eigenvalue weighted by Gasteiger charge is -2.30. The van der Waals surface area contributed by atoms with E-state index in [1.54, 1.807) is 54.0 Å².